The summed E-state index contributed by atoms with van der Waals surface area (Å²) in [5.41, 5.74) is 1.23. The summed E-state index contributed by atoms with van der Waals surface area (Å²) in [4.78, 5) is 14.8. The van der Waals surface area contributed by atoms with Gasteiger partial charge >= 0.3 is 5.97 Å². The van der Waals surface area contributed by atoms with Crippen molar-refractivity contribution in [3.63, 3.8) is 0 Å². The molecule has 16 heavy (non-hydrogen) atoms. The zero-order chi connectivity index (χ0) is 11.4. The summed E-state index contributed by atoms with van der Waals surface area (Å²) < 4.78 is 0. The molecule has 1 aliphatic rings. The van der Waals surface area contributed by atoms with Gasteiger partial charge in [0.25, 0.3) is 0 Å². The molecule has 2 unspecified atom stereocenters. The van der Waals surface area contributed by atoms with Crippen LogP contribution in [0.25, 0.3) is 0 Å². The highest BCUT2D eigenvalue weighted by Gasteiger charge is 2.28. The molecule has 1 aromatic rings. The van der Waals surface area contributed by atoms with Crippen molar-refractivity contribution in [2.24, 2.45) is 11.8 Å². The summed E-state index contributed by atoms with van der Waals surface area (Å²) >= 11 is 0. The molecule has 1 N–H and O–H groups in total. The smallest absolute Gasteiger partial charge is 0.303 e. The Kier molecular flexibility index (Phi) is 3.54. The molecule has 1 aliphatic carbocycles. The van der Waals surface area contributed by atoms with E-state index in [2.05, 4.69) is 11.1 Å². The molecule has 1 saturated carbocycles. The second-order valence-corrected chi connectivity index (χ2v) is 4.61. The SMILES string of the molecule is O=C(O)CC1CCCC1Cc1cccnc1. The van der Waals surface area contributed by atoms with Crippen molar-refractivity contribution in [2.75, 3.05) is 0 Å². The van der Waals surface area contributed by atoms with Gasteiger partial charge in [-0.2, -0.15) is 0 Å². The topological polar surface area (TPSA) is 50.2 Å². The van der Waals surface area contributed by atoms with Crippen LogP contribution in [0.1, 0.15) is 31.2 Å². The van der Waals surface area contributed by atoms with E-state index in [4.69, 9.17) is 5.11 Å². The normalized spacial score (nSPS) is 24.5. The summed E-state index contributed by atoms with van der Waals surface area (Å²) in [6.07, 6.45) is 8.35. The van der Waals surface area contributed by atoms with Gasteiger partial charge in [-0.25, -0.2) is 0 Å². The highest BCUT2D eigenvalue weighted by Crippen LogP contribution is 2.36. The number of nitrogens with zero attached hydrogens (tertiary/aromatic N) is 1. The largest absolute Gasteiger partial charge is 0.481 e. The Hall–Kier alpha value is -1.38. The molecule has 0 aromatic carbocycles. The lowest BCUT2D eigenvalue weighted by Gasteiger charge is -2.17. The van der Waals surface area contributed by atoms with Gasteiger partial charge in [0, 0.05) is 18.8 Å². The summed E-state index contributed by atoms with van der Waals surface area (Å²) in [5, 5.41) is 8.85. The molecule has 0 aliphatic heterocycles. The average molecular weight is 219 g/mol. The van der Waals surface area contributed by atoms with E-state index in [9.17, 15) is 4.79 Å². The highest BCUT2D eigenvalue weighted by molar-refractivity contribution is 5.67. The first kappa shape index (κ1) is 11.1. The van der Waals surface area contributed by atoms with E-state index in [0.29, 0.717) is 18.3 Å². The van der Waals surface area contributed by atoms with E-state index in [1.54, 1.807) is 6.20 Å². The fourth-order valence-electron chi connectivity index (χ4n) is 2.70. The number of aromatic nitrogens is 1. The minimum absolute atomic E-state index is 0.324. The van der Waals surface area contributed by atoms with Crippen LogP contribution in [0.3, 0.4) is 0 Å². The second kappa shape index (κ2) is 5.10. The Morgan fingerprint density at radius 1 is 1.44 bits per heavy atom. The molecule has 2 rings (SSSR count). The lowest BCUT2D eigenvalue weighted by atomic mass is 9.88. The van der Waals surface area contributed by atoms with Crippen LogP contribution < -0.4 is 0 Å². The summed E-state index contributed by atoms with van der Waals surface area (Å²) in [5.74, 6) is 0.223. The van der Waals surface area contributed by atoms with Gasteiger partial charge in [0.05, 0.1) is 0 Å². The van der Waals surface area contributed by atoms with Crippen molar-refractivity contribution in [2.45, 2.75) is 32.1 Å². The molecule has 0 amide bonds. The fourth-order valence-corrected chi connectivity index (χ4v) is 2.70. The Morgan fingerprint density at radius 3 is 2.94 bits per heavy atom. The third-order valence-electron chi connectivity index (χ3n) is 3.47. The van der Waals surface area contributed by atoms with Crippen LogP contribution in [-0.4, -0.2) is 16.1 Å². The van der Waals surface area contributed by atoms with Gasteiger partial charge in [-0.05, 0) is 42.7 Å². The van der Waals surface area contributed by atoms with E-state index < -0.39 is 5.97 Å². The lowest BCUT2D eigenvalue weighted by Crippen LogP contribution is -2.15. The minimum atomic E-state index is -0.664. The van der Waals surface area contributed by atoms with Crippen molar-refractivity contribution in [3.05, 3.63) is 30.1 Å². The molecule has 1 fully saturated rings. The predicted molar refractivity (Wildman–Crippen MR) is 61.0 cm³/mol. The molecule has 2 atom stereocenters. The van der Waals surface area contributed by atoms with E-state index in [1.165, 1.54) is 12.0 Å². The van der Waals surface area contributed by atoms with Crippen molar-refractivity contribution in [1.29, 1.82) is 0 Å². The molecular weight excluding hydrogens is 202 g/mol. The quantitative estimate of drug-likeness (QED) is 0.846. The maximum Gasteiger partial charge on any atom is 0.303 e. The van der Waals surface area contributed by atoms with Gasteiger partial charge in [0.15, 0.2) is 0 Å². The Labute approximate surface area is 95.5 Å². The first-order chi connectivity index (χ1) is 7.75. The van der Waals surface area contributed by atoms with Gasteiger partial charge < -0.3 is 5.11 Å². The first-order valence-electron chi connectivity index (χ1n) is 5.86. The van der Waals surface area contributed by atoms with Crippen LogP contribution in [-0.2, 0) is 11.2 Å². The number of carboxylic acids is 1. The Bertz CT molecular complexity index is 350. The molecule has 86 valence electrons. The van der Waals surface area contributed by atoms with Gasteiger partial charge in [-0.15, -0.1) is 0 Å². The van der Waals surface area contributed by atoms with Gasteiger partial charge in [0.1, 0.15) is 0 Å². The van der Waals surface area contributed by atoms with E-state index >= 15 is 0 Å². The third kappa shape index (κ3) is 2.81. The number of hydrogen-bond acceptors (Lipinski definition) is 2. The first-order valence-corrected chi connectivity index (χ1v) is 5.86. The van der Waals surface area contributed by atoms with E-state index in [0.717, 1.165) is 19.3 Å². The monoisotopic (exact) mass is 219 g/mol. The number of carboxylic acid groups (broad SMARTS) is 1. The van der Waals surface area contributed by atoms with Gasteiger partial charge in [-0.1, -0.05) is 12.5 Å². The van der Waals surface area contributed by atoms with Gasteiger partial charge in [0.2, 0.25) is 0 Å². The van der Waals surface area contributed by atoms with Crippen molar-refractivity contribution in [3.8, 4) is 0 Å². The molecule has 1 aromatic heterocycles. The maximum absolute atomic E-state index is 10.7. The van der Waals surface area contributed by atoms with Gasteiger partial charge in [-0.3, -0.25) is 9.78 Å². The predicted octanol–water partition coefficient (Wildman–Crippen LogP) is 2.52. The van der Waals surface area contributed by atoms with Crippen molar-refractivity contribution >= 4 is 5.97 Å². The zero-order valence-electron chi connectivity index (χ0n) is 9.30. The molecular formula is C13H17NO2. The number of aliphatic carboxylic acids is 1. The fraction of sp³-hybridized carbons (Fsp3) is 0.538. The molecule has 0 radical (unpaired) electrons. The Balaban J connectivity index is 1.96. The molecule has 0 bridgehead atoms. The highest BCUT2D eigenvalue weighted by atomic mass is 16.4. The minimum Gasteiger partial charge on any atom is -0.481 e. The van der Waals surface area contributed by atoms with Crippen LogP contribution in [0.2, 0.25) is 0 Å². The second-order valence-electron chi connectivity index (χ2n) is 4.61. The zero-order valence-corrected chi connectivity index (χ0v) is 9.30. The Morgan fingerprint density at radius 2 is 2.25 bits per heavy atom. The van der Waals surface area contributed by atoms with Crippen molar-refractivity contribution in [1.82, 2.24) is 4.98 Å². The average Bonchev–Trinajstić information content (AvgIpc) is 2.66. The lowest BCUT2D eigenvalue weighted by molar-refractivity contribution is -0.138. The molecule has 1 heterocycles. The van der Waals surface area contributed by atoms with Crippen molar-refractivity contribution < 1.29 is 9.90 Å². The maximum atomic E-state index is 10.7. The molecule has 3 heteroatoms. The summed E-state index contributed by atoms with van der Waals surface area (Å²) in [6, 6.07) is 4.01. The number of carbonyl (C=O) groups is 1. The van der Waals surface area contributed by atoms with E-state index in [-0.39, 0.29) is 0 Å². The third-order valence-corrected chi connectivity index (χ3v) is 3.47. The number of pyridine rings is 1. The number of hydrogen-bond donors (Lipinski definition) is 1. The molecule has 0 spiro atoms. The van der Waals surface area contributed by atoms with Crippen LogP contribution in [0.4, 0.5) is 0 Å². The van der Waals surface area contributed by atoms with Crippen LogP contribution >= 0.6 is 0 Å². The summed E-state index contributed by atoms with van der Waals surface area (Å²) in [6.45, 7) is 0. The molecule has 3 nitrogen and oxygen atoms in total. The van der Waals surface area contributed by atoms with Crippen LogP contribution in [0.15, 0.2) is 24.5 Å². The van der Waals surface area contributed by atoms with E-state index in [1.807, 2.05) is 12.3 Å². The molecule has 0 saturated heterocycles. The van der Waals surface area contributed by atoms with Crippen LogP contribution in [0.5, 0.6) is 0 Å². The standard InChI is InChI=1S/C13H17NO2/c15-13(16)8-12-5-1-4-11(12)7-10-3-2-6-14-9-10/h2-3,6,9,11-12H,1,4-5,7-8H2,(H,15,16). The number of rotatable bonds is 4. The summed E-state index contributed by atoms with van der Waals surface area (Å²) in [7, 11) is 0. The van der Waals surface area contributed by atoms with Crippen LogP contribution in [0, 0.1) is 11.8 Å².